The zero-order valence-corrected chi connectivity index (χ0v) is 9.18. The SMILES string of the molecule is CS(=O)(=O)O[C@H]1CCOC2(CCC2)C1. The van der Waals surface area contributed by atoms with Gasteiger partial charge in [-0.25, -0.2) is 0 Å². The quantitative estimate of drug-likeness (QED) is 0.653. The third kappa shape index (κ3) is 2.27. The first-order valence-electron chi connectivity index (χ1n) is 5.01. The average Bonchev–Trinajstić information content (AvgIpc) is 1.99. The van der Waals surface area contributed by atoms with Crippen molar-refractivity contribution in [2.45, 2.75) is 43.8 Å². The standard InChI is InChI=1S/C9H16O4S/c1-14(10,11)13-8-3-6-12-9(7-8)4-2-5-9/h8H,2-7H2,1H3/t8-/m0/s1. The highest BCUT2D eigenvalue weighted by Crippen LogP contribution is 2.43. The molecule has 0 unspecified atom stereocenters. The van der Waals surface area contributed by atoms with Crippen molar-refractivity contribution >= 4 is 10.1 Å². The van der Waals surface area contributed by atoms with Gasteiger partial charge >= 0.3 is 0 Å². The lowest BCUT2D eigenvalue weighted by atomic mass is 9.74. The van der Waals surface area contributed by atoms with Gasteiger partial charge in [-0.15, -0.1) is 0 Å². The van der Waals surface area contributed by atoms with Crippen molar-refractivity contribution in [2.24, 2.45) is 0 Å². The Bertz CT molecular complexity index is 305. The van der Waals surface area contributed by atoms with E-state index in [9.17, 15) is 8.42 Å². The van der Waals surface area contributed by atoms with E-state index in [1.165, 1.54) is 6.42 Å². The fraction of sp³-hybridized carbons (Fsp3) is 1.00. The zero-order chi connectivity index (χ0) is 10.2. The Morgan fingerprint density at radius 1 is 1.43 bits per heavy atom. The van der Waals surface area contributed by atoms with Gasteiger partial charge in [-0.05, 0) is 25.7 Å². The topological polar surface area (TPSA) is 52.6 Å². The highest BCUT2D eigenvalue weighted by atomic mass is 32.2. The van der Waals surface area contributed by atoms with E-state index in [0.717, 1.165) is 25.5 Å². The second kappa shape index (κ2) is 3.47. The summed E-state index contributed by atoms with van der Waals surface area (Å²) < 4.78 is 32.6. The molecule has 0 aromatic carbocycles. The lowest BCUT2D eigenvalue weighted by molar-refractivity contribution is -0.152. The van der Waals surface area contributed by atoms with Crippen LogP contribution in [0.3, 0.4) is 0 Å². The third-order valence-electron chi connectivity index (χ3n) is 3.02. The molecule has 1 aliphatic carbocycles. The molecule has 82 valence electrons. The van der Waals surface area contributed by atoms with Crippen LogP contribution in [0.4, 0.5) is 0 Å². The van der Waals surface area contributed by atoms with E-state index in [-0.39, 0.29) is 11.7 Å². The first-order chi connectivity index (χ1) is 6.49. The predicted octanol–water partition coefficient (Wildman–Crippen LogP) is 1.06. The molecule has 0 N–H and O–H groups in total. The zero-order valence-electron chi connectivity index (χ0n) is 8.36. The summed E-state index contributed by atoms with van der Waals surface area (Å²) in [6.07, 6.45) is 5.66. The van der Waals surface area contributed by atoms with Crippen LogP contribution in [0, 0.1) is 0 Å². The van der Waals surface area contributed by atoms with E-state index < -0.39 is 10.1 Å². The van der Waals surface area contributed by atoms with Gasteiger partial charge < -0.3 is 4.74 Å². The Hall–Kier alpha value is -0.130. The van der Waals surface area contributed by atoms with E-state index in [1.807, 2.05) is 0 Å². The average molecular weight is 220 g/mol. The summed E-state index contributed by atoms with van der Waals surface area (Å²) in [6, 6.07) is 0. The second-order valence-electron chi connectivity index (χ2n) is 4.30. The molecule has 0 radical (unpaired) electrons. The van der Waals surface area contributed by atoms with Crippen molar-refractivity contribution in [1.29, 1.82) is 0 Å². The largest absolute Gasteiger partial charge is 0.375 e. The predicted molar refractivity (Wildman–Crippen MR) is 51.5 cm³/mol. The molecule has 2 rings (SSSR count). The molecule has 1 atom stereocenters. The molecule has 1 saturated carbocycles. The smallest absolute Gasteiger partial charge is 0.264 e. The molecule has 2 aliphatic rings. The summed E-state index contributed by atoms with van der Waals surface area (Å²) in [5.74, 6) is 0. The van der Waals surface area contributed by atoms with Gasteiger partial charge in [0.2, 0.25) is 0 Å². The van der Waals surface area contributed by atoms with Crippen LogP contribution >= 0.6 is 0 Å². The minimum atomic E-state index is -3.31. The summed E-state index contributed by atoms with van der Waals surface area (Å²) in [6.45, 7) is 0.625. The van der Waals surface area contributed by atoms with E-state index >= 15 is 0 Å². The maximum atomic E-state index is 11.0. The van der Waals surface area contributed by atoms with Gasteiger partial charge in [0.25, 0.3) is 10.1 Å². The van der Waals surface area contributed by atoms with Gasteiger partial charge in [0.1, 0.15) is 0 Å². The normalized spacial score (nSPS) is 31.4. The van der Waals surface area contributed by atoms with Gasteiger partial charge in [0.05, 0.1) is 18.0 Å². The molecule has 0 aromatic rings. The van der Waals surface area contributed by atoms with Crippen molar-refractivity contribution < 1.29 is 17.3 Å². The van der Waals surface area contributed by atoms with E-state index in [2.05, 4.69) is 0 Å². The Morgan fingerprint density at radius 3 is 2.64 bits per heavy atom. The van der Waals surface area contributed by atoms with Crippen LogP contribution in [0.25, 0.3) is 0 Å². The third-order valence-corrected chi connectivity index (χ3v) is 3.65. The molecule has 0 bridgehead atoms. The minimum Gasteiger partial charge on any atom is -0.375 e. The maximum absolute atomic E-state index is 11.0. The van der Waals surface area contributed by atoms with Crippen LogP contribution in [-0.2, 0) is 19.0 Å². The van der Waals surface area contributed by atoms with Crippen LogP contribution in [0.5, 0.6) is 0 Å². The first kappa shape index (κ1) is 10.4. The van der Waals surface area contributed by atoms with Crippen LogP contribution in [0.2, 0.25) is 0 Å². The van der Waals surface area contributed by atoms with Gasteiger partial charge in [0.15, 0.2) is 0 Å². The molecule has 2 fully saturated rings. The minimum absolute atomic E-state index is 0.0480. The molecule has 14 heavy (non-hydrogen) atoms. The van der Waals surface area contributed by atoms with Crippen molar-refractivity contribution in [3.05, 3.63) is 0 Å². The lowest BCUT2D eigenvalue weighted by Gasteiger charge is -2.46. The molecule has 1 aliphatic heterocycles. The molecule has 5 heteroatoms. The summed E-state index contributed by atoms with van der Waals surface area (Å²) >= 11 is 0. The van der Waals surface area contributed by atoms with E-state index in [1.54, 1.807) is 0 Å². The summed E-state index contributed by atoms with van der Waals surface area (Å²) in [7, 11) is -3.31. The Morgan fingerprint density at radius 2 is 2.14 bits per heavy atom. The highest BCUT2D eigenvalue weighted by Gasteiger charge is 2.43. The molecular weight excluding hydrogens is 204 g/mol. The van der Waals surface area contributed by atoms with Gasteiger partial charge in [-0.2, -0.15) is 8.42 Å². The fourth-order valence-corrected chi connectivity index (χ4v) is 2.89. The number of hydrogen-bond donors (Lipinski definition) is 0. The molecular formula is C9H16O4S. The first-order valence-corrected chi connectivity index (χ1v) is 6.83. The van der Waals surface area contributed by atoms with Gasteiger partial charge in [0, 0.05) is 13.0 Å². The van der Waals surface area contributed by atoms with E-state index in [4.69, 9.17) is 8.92 Å². The van der Waals surface area contributed by atoms with Gasteiger partial charge in [-0.3, -0.25) is 4.18 Å². The van der Waals surface area contributed by atoms with Gasteiger partial charge in [-0.1, -0.05) is 0 Å². The second-order valence-corrected chi connectivity index (χ2v) is 5.90. The van der Waals surface area contributed by atoms with Crippen molar-refractivity contribution in [1.82, 2.24) is 0 Å². The summed E-state index contributed by atoms with van der Waals surface area (Å²) in [5, 5.41) is 0. The van der Waals surface area contributed by atoms with Crippen LogP contribution < -0.4 is 0 Å². The van der Waals surface area contributed by atoms with Crippen LogP contribution in [-0.4, -0.2) is 33.0 Å². The molecule has 1 saturated heterocycles. The Labute approximate surface area is 84.7 Å². The fourth-order valence-electron chi connectivity index (χ4n) is 2.23. The number of hydrogen-bond acceptors (Lipinski definition) is 4. The maximum Gasteiger partial charge on any atom is 0.264 e. The van der Waals surface area contributed by atoms with E-state index in [0.29, 0.717) is 13.0 Å². The Kier molecular flexibility index (Phi) is 2.57. The molecule has 0 amide bonds. The molecule has 0 aromatic heterocycles. The van der Waals surface area contributed by atoms with Crippen molar-refractivity contribution in [3.8, 4) is 0 Å². The number of ether oxygens (including phenoxy) is 1. The molecule has 1 heterocycles. The van der Waals surface area contributed by atoms with Crippen LogP contribution in [0.15, 0.2) is 0 Å². The molecule has 1 spiro atoms. The molecule has 4 nitrogen and oxygen atoms in total. The lowest BCUT2D eigenvalue weighted by Crippen LogP contribution is -2.48. The highest BCUT2D eigenvalue weighted by molar-refractivity contribution is 7.86. The monoisotopic (exact) mass is 220 g/mol. The summed E-state index contributed by atoms with van der Waals surface area (Å²) in [4.78, 5) is 0. The van der Waals surface area contributed by atoms with Crippen LogP contribution in [0.1, 0.15) is 32.1 Å². The van der Waals surface area contributed by atoms with Crippen molar-refractivity contribution in [3.63, 3.8) is 0 Å². The number of rotatable bonds is 2. The summed E-state index contributed by atoms with van der Waals surface area (Å²) in [5.41, 5.74) is -0.0480. The Balaban J connectivity index is 1.94. The van der Waals surface area contributed by atoms with Crippen molar-refractivity contribution in [2.75, 3.05) is 12.9 Å².